The molecule has 0 saturated carbocycles. The summed E-state index contributed by atoms with van der Waals surface area (Å²) in [5.41, 5.74) is 0.979. The number of benzene rings is 1. The second-order valence-electron chi connectivity index (χ2n) is 6.87. The average Bonchev–Trinajstić information content (AvgIpc) is 2.66. The highest BCUT2D eigenvalue weighted by atomic mass is 127. The van der Waals surface area contributed by atoms with E-state index in [0.717, 1.165) is 63.6 Å². The Labute approximate surface area is 196 Å². The van der Waals surface area contributed by atoms with Gasteiger partial charge in [-0.2, -0.15) is 0 Å². The molecule has 2 rings (SSSR count). The van der Waals surface area contributed by atoms with Crippen LogP contribution in [0.5, 0.6) is 0 Å². The Bertz CT molecular complexity index is 591. The van der Waals surface area contributed by atoms with E-state index in [1.807, 2.05) is 25.2 Å². The lowest BCUT2D eigenvalue weighted by molar-refractivity contribution is 0.00990. The van der Waals surface area contributed by atoms with Crippen LogP contribution in [0.2, 0.25) is 10.0 Å². The molecule has 8 heteroatoms. The molecule has 0 aliphatic carbocycles. The van der Waals surface area contributed by atoms with Crippen molar-refractivity contribution < 1.29 is 9.47 Å². The minimum atomic E-state index is 0. The van der Waals surface area contributed by atoms with Crippen LogP contribution in [-0.4, -0.2) is 64.0 Å². The van der Waals surface area contributed by atoms with Crippen molar-refractivity contribution in [1.82, 2.24) is 10.2 Å². The molecule has 0 radical (unpaired) electrons. The Kier molecular flexibility index (Phi) is 12.7. The van der Waals surface area contributed by atoms with Crippen molar-refractivity contribution in [3.63, 3.8) is 0 Å². The third-order valence-electron chi connectivity index (χ3n) is 4.86. The number of hydrogen-bond acceptors (Lipinski definition) is 3. The van der Waals surface area contributed by atoms with Gasteiger partial charge in [0.2, 0.25) is 0 Å². The highest BCUT2D eigenvalue weighted by molar-refractivity contribution is 14.0. The number of likely N-dealkylation sites (tertiary alicyclic amines) is 1. The van der Waals surface area contributed by atoms with Crippen LogP contribution in [0.1, 0.15) is 37.7 Å². The first-order chi connectivity index (χ1) is 13.1. The summed E-state index contributed by atoms with van der Waals surface area (Å²) in [6.07, 6.45) is 3.30. The summed E-state index contributed by atoms with van der Waals surface area (Å²) in [5, 5.41) is 4.88. The molecule has 1 aromatic rings. The maximum absolute atomic E-state index is 6.33. The number of aliphatic imine (C=N–C) groups is 1. The number of nitrogens with one attached hydrogen (secondary N) is 1. The molecule has 0 aromatic heterocycles. The Hall–Kier alpha value is -0.280. The van der Waals surface area contributed by atoms with Gasteiger partial charge in [0.15, 0.2) is 5.96 Å². The summed E-state index contributed by atoms with van der Waals surface area (Å²) >= 11 is 12.7. The number of ether oxygens (including phenoxy) is 2. The Morgan fingerprint density at radius 2 is 1.89 bits per heavy atom. The monoisotopic (exact) mass is 543 g/mol. The zero-order valence-electron chi connectivity index (χ0n) is 16.9. The molecule has 1 saturated heterocycles. The van der Waals surface area contributed by atoms with Crippen LogP contribution >= 0.6 is 47.2 Å². The van der Waals surface area contributed by atoms with E-state index in [2.05, 4.69) is 22.1 Å². The van der Waals surface area contributed by atoms with E-state index >= 15 is 0 Å². The van der Waals surface area contributed by atoms with Gasteiger partial charge < -0.3 is 19.7 Å². The number of piperidine rings is 1. The number of nitrogens with zero attached hydrogens (tertiary/aromatic N) is 2. The lowest BCUT2D eigenvalue weighted by Gasteiger charge is -2.34. The van der Waals surface area contributed by atoms with Crippen molar-refractivity contribution >= 4 is 53.1 Å². The summed E-state index contributed by atoms with van der Waals surface area (Å²) in [5.74, 6) is 1.10. The van der Waals surface area contributed by atoms with Crippen molar-refractivity contribution in [2.24, 2.45) is 4.99 Å². The predicted molar refractivity (Wildman–Crippen MR) is 129 cm³/mol. The van der Waals surface area contributed by atoms with E-state index in [1.165, 1.54) is 0 Å². The molecular weight excluding hydrogens is 512 g/mol. The molecule has 0 bridgehead atoms. The van der Waals surface area contributed by atoms with E-state index < -0.39 is 0 Å². The number of guanidine groups is 1. The first-order valence-electron chi connectivity index (χ1n) is 9.56. The number of methoxy groups -OCH3 is 1. The van der Waals surface area contributed by atoms with Gasteiger partial charge in [0.05, 0.1) is 6.10 Å². The van der Waals surface area contributed by atoms with E-state index in [0.29, 0.717) is 16.1 Å². The SMILES string of the molecule is CN=C(NCC(C)c1c(Cl)cccc1Cl)N1CCC(OCCCOC)CC1.I. The molecule has 1 heterocycles. The third-order valence-corrected chi connectivity index (χ3v) is 5.52. The zero-order chi connectivity index (χ0) is 19.6. The fraction of sp³-hybridized carbons (Fsp3) is 0.650. The smallest absolute Gasteiger partial charge is 0.193 e. The van der Waals surface area contributed by atoms with Gasteiger partial charge in [-0.05, 0) is 37.0 Å². The molecule has 0 spiro atoms. The fourth-order valence-electron chi connectivity index (χ4n) is 3.35. The number of rotatable bonds is 8. The largest absolute Gasteiger partial charge is 0.385 e. The maximum Gasteiger partial charge on any atom is 0.193 e. The van der Waals surface area contributed by atoms with Crippen molar-refractivity contribution in [3.8, 4) is 0 Å². The summed E-state index contributed by atoms with van der Waals surface area (Å²) in [4.78, 5) is 6.73. The van der Waals surface area contributed by atoms with Gasteiger partial charge in [-0.15, -0.1) is 24.0 Å². The topological polar surface area (TPSA) is 46.1 Å². The molecule has 5 nitrogen and oxygen atoms in total. The lowest BCUT2D eigenvalue weighted by atomic mass is 10.0. The van der Waals surface area contributed by atoms with Crippen LogP contribution in [-0.2, 0) is 9.47 Å². The molecule has 0 amide bonds. The standard InChI is InChI=1S/C20H31Cl2N3O2.HI/c1-15(19-17(21)6-4-7-18(19)22)14-24-20(23-2)25-10-8-16(9-11-25)27-13-5-12-26-3;/h4,6-7,15-16H,5,8-14H2,1-3H3,(H,23,24);1H. The van der Waals surface area contributed by atoms with Crippen molar-refractivity contribution in [2.45, 2.75) is 38.2 Å². The van der Waals surface area contributed by atoms with Crippen LogP contribution in [0.15, 0.2) is 23.2 Å². The van der Waals surface area contributed by atoms with Crippen LogP contribution in [0.25, 0.3) is 0 Å². The molecule has 1 aliphatic heterocycles. The second kappa shape index (κ2) is 13.9. The Morgan fingerprint density at radius 1 is 1.25 bits per heavy atom. The molecule has 1 atom stereocenters. The predicted octanol–water partition coefficient (Wildman–Crippen LogP) is 4.81. The van der Waals surface area contributed by atoms with Crippen molar-refractivity contribution in [1.29, 1.82) is 0 Å². The molecule has 160 valence electrons. The van der Waals surface area contributed by atoms with Gasteiger partial charge in [-0.1, -0.05) is 36.2 Å². The van der Waals surface area contributed by atoms with Gasteiger partial charge in [0.1, 0.15) is 0 Å². The number of halogens is 3. The fourth-order valence-corrected chi connectivity index (χ4v) is 4.12. The van der Waals surface area contributed by atoms with E-state index in [-0.39, 0.29) is 29.9 Å². The number of hydrogen-bond donors (Lipinski definition) is 1. The maximum atomic E-state index is 6.33. The summed E-state index contributed by atoms with van der Waals surface area (Å²) in [7, 11) is 3.54. The highest BCUT2D eigenvalue weighted by Crippen LogP contribution is 2.31. The minimum Gasteiger partial charge on any atom is -0.385 e. The van der Waals surface area contributed by atoms with Crippen LogP contribution < -0.4 is 5.32 Å². The van der Waals surface area contributed by atoms with Crippen molar-refractivity contribution in [3.05, 3.63) is 33.8 Å². The van der Waals surface area contributed by atoms with Gasteiger partial charge >= 0.3 is 0 Å². The molecule has 28 heavy (non-hydrogen) atoms. The van der Waals surface area contributed by atoms with Gasteiger partial charge in [-0.25, -0.2) is 0 Å². The highest BCUT2D eigenvalue weighted by Gasteiger charge is 2.22. The summed E-state index contributed by atoms with van der Waals surface area (Å²) < 4.78 is 11.0. The van der Waals surface area contributed by atoms with Gasteiger partial charge in [-0.3, -0.25) is 4.99 Å². The van der Waals surface area contributed by atoms with Gasteiger partial charge in [0, 0.05) is 63.0 Å². The zero-order valence-corrected chi connectivity index (χ0v) is 20.8. The average molecular weight is 544 g/mol. The normalized spacial score (nSPS) is 16.6. The quantitative estimate of drug-likeness (QED) is 0.221. The van der Waals surface area contributed by atoms with E-state index in [1.54, 1.807) is 7.11 Å². The van der Waals surface area contributed by atoms with Crippen LogP contribution in [0.3, 0.4) is 0 Å². The Balaban J connectivity index is 0.00000392. The van der Waals surface area contributed by atoms with E-state index in [9.17, 15) is 0 Å². The molecule has 1 N–H and O–H groups in total. The molecule has 1 unspecified atom stereocenters. The van der Waals surface area contributed by atoms with Crippen LogP contribution in [0, 0.1) is 0 Å². The second-order valence-corrected chi connectivity index (χ2v) is 7.68. The summed E-state index contributed by atoms with van der Waals surface area (Å²) in [6.45, 7) is 6.24. The third kappa shape index (κ3) is 7.86. The molecule has 1 fully saturated rings. The lowest BCUT2D eigenvalue weighted by Crippen LogP contribution is -2.47. The minimum absolute atomic E-state index is 0. The first kappa shape index (κ1) is 25.8. The molecular formula is C20H32Cl2IN3O2. The van der Waals surface area contributed by atoms with Gasteiger partial charge in [0.25, 0.3) is 0 Å². The van der Waals surface area contributed by atoms with E-state index in [4.69, 9.17) is 32.7 Å². The first-order valence-corrected chi connectivity index (χ1v) is 10.3. The molecule has 1 aromatic carbocycles. The van der Waals surface area contributed by atoms with Crippen molar-refractivity contribution in [2.75, 3.05) is 47.0 Å². The molecule has 1 aliphatic rings. The van der Waals surface area contributed by atoms with Crippen LogP contribution in [0.4, 0.5) is 0 Å². The summed E-state index contributed by atoms with van der Waals surface area (Å²) in [6, 6.07) is 5.63. The Morgan fingerprint density at radius 3 is 2.46 bits per heavy atom.